The first-order valence-corrected chi connectivity index (χ1v) is 8.58. The van der Waals surface area contributed by atoms with Crippen molar-refractivity contribution in [2.75, 3.05) is 19.6 Å². The molecule has 2 aliphatic rings. The summed E-state index contributed by atoms with van der Waals surface area (Å²) >= 11 is 0. The number of nitrogens with zero attached hydrogens (tertiary/aromatic N) is 2. The first kappa shape index (κ1) is 16.5. The van der Waals surface area contributed by atoms with E-state index in [0.29, 0.717) is 11.3 Å². The lowest BCUT2D eigenvalue weighted by atomic mass is 9.98. The summed E-state index contributed by atoms with van der Waals surface area (Å²) in [6, 6.07) is 5.97. The number of piperidine rings is 1. The third-order valence-corrected chi connectivity index (χ3v) is 4.92. The summed E-state index contributed by atoms with van der Waals surface area (Å²) in [6.07, 6.45) is 4.91. The summed E-state index contributed by atoms with van der Waals surface area (Å²) in [4.78, 5) is 29.2. The molecule has 4 heteroatoms. The molecule has 2 aliphatic heterocycles. The van der Waals surface area contributed by atoms with Gasteiger partial charge in [-0.05, 0) is 49.8 Å². The Hall–Kier alpha value is -2.36. The molecule has 1 aromatic rings. The lowest BCUT2D eigenvalue weighted by Gasteiger charge is -2.29. The van der Waals surface area contributed by atoms with Crippen LogP contribution < -0.4 is 0 Å². The van der Waals surface area contributed by atoms with Gasteiger partial charge in [0.15, 0.2) is 0 Å². The van der Waals surface area contributed by atoms with Gasteiger partial charge in [0.05, 0.1) is 5.57 Å². The van der Waals surface area contributed by atoms with Crippen LogP contribution in [0.25, 0.3) is 5.57 Å². The first-order chi connectivity index (χ1) is 11.5. The Bertz CT molecular complexity index is 727. The highest BCUT2D eigenvalue weighted by Gasteiger charge is 2.41. The number of carbonyl (C=O) groups excluding carboxylic acids is 2. The lowest BCUT2D eigenvalue weighted by Crippen LogP contribution is -2.37. The molecule has 1 saturated heterocycles. The summed E-state index contributed by atoms with van der Waals surface area (Å²) in [6.45, 7) is 9.68. The number of hydrogen-bond donors (Lipinski definition) is 0. The van der Waals surface area contributed by atoms with E-state index in [4.69, 9.17) is 0 Å². The van der Waals surface area contributed by atoms with Gasteiger partial charge in [0.25, 0.3) is 11.8 Å². The minimum Gasteiger partial charge on any atom is -0.366 e. The van der Waals surface area contributed by atoms with Gasteiger partial charge in [0.2, 0.25) is 0 Å². The third kappa shape index (κ3) is 2.77. The van der Waals surface area contributed by atoms with E-state index in [2.05, 4.69) is 11.5 Å². The quantitative estimate of drug-likeness (QED) is 0.631. The van der Waals surface area contributed by atoms with E-state index in [-0.39, 0.29) is 18.4 Å². The maximum Gasteiger partial charge on any atom is 0.278 e. The van der Waals surface area contributed by atoms with Crippen molar-refractivity contribution in [1.82, 2.24) is 9.80 Å². The van der Waals surface area contributed by atoms with Crippen molar-refractivity contribution in [2.24, 2.45) is 0 Å². The molecule has 2 amide bonds. The van der Waals surface area contributed by atoms with Crippen molar-refractivity contribution in [3.05, 3.63) is 53.2 Å². The standard InChI is InChI=1S/C20H24N2O2/c1-4-10-22-19(23)17(16-9-8-14(2)15(3)13-16)18(20(22)24)21-11-6-5-7-12-21/h4,8-9,13H,1,5-7,10-12H2,2-3H3. The van der Waals surface area contributed by atoms with Crippen molar-refractivity contribution in [1.29, 1.82) is 0 Å². The van der Waals surface area contributed by atoms with Gasteiger partial charge in [-0.25, -0.2) is 0 Å². The van der Waals surface area contributed by atoms with Crippen LogP contribution in [0.3, 0.4) is 0 Å². The number of likely N-dealkylation sites (tertiary alicyclic amines) is 1. The molecule has 3 rings (SSSR count). The highest BCUT2D eigenvalue weighted by atomic mass is 16.2. The molecule has 0 radical (unpaired) electrons. The zero-order valence-corrected chi connectivity index (χ0v) is 14.5. The predicted molar refractivity (Wildman–Crippen MR) is 95.2 cm³/mol. The molecule has 24 heavy (non-hydrogen) atoms. The molecule has 0 unspecified atom stereocenters. The van der Waals surface area contributed by atoms with Gasteiger partial charge in [-0.3, -0.25) is 14.5 Å². The SMILES string of the molecule is C=CCN1C(=O)C(c2ccc(C)c(C)c2)=C(N2CCCCC2)C1=O. The second-order valence-corrected chi connectivity index (χ2v) is 6.58. The van der Waals surface area contributed by atoms with E-state index >= 15 is 0 Å². The summed E-state index contributed by atoms with van der Waals surface area (Å²) in [5, 5.41) is 0. The number of imide groups is 1. The molecule has 0 aromatic heterocycles. The fourth-order valence-corrected chi connectivity index (χ4v) is 3.43. The minimum absolute atomic E-state index is 0.185. The van der Waals surface area contributed by atoms with Gasteiger partial charge < -0.3 is 4.90 Å². The van der Waals surface area contributed by atoms with Gasteiger partial charge in [0, 0.05) is 19.6 Å². The summed E-state index contributed by atoms with van der Waals surface area (Å²) in [5.74, 6) is -0.390. The summed E-state index contributed by atoms with van der Waals surface area (Å²) in [7, 11) is 0. The zero-order valence-electron chi connectivity index (χ0n) is 14.5. The maximum absolute atomic E-state index is 12.9. The molecule has 2 heterocycles. The van der Waals surface area contributed by atoms with Crippen LogP contribution in [-0.4, -0.2) is 41.2 Å². The second-order valence-electron chi connectivity index (χ2n) is 6.58. The predicted octanol–water partition coefficient (Wildman–Crippen LogP) is 3.06. The van der Waals surface area contributed by atoms with Crippen LogP contribution in [0.15, 0.2) is 36.6 Å². The van der Waals surface area contributed by atoms with Crippen LogP contribution in [0.5, 0.6) is 0 Å². The van der Waals surface area contributed by atoms with Gasteiger partial charge in [0.1, 0.15) is 5.70 Å². The summed E-state index contributed by atoms with van der Waals surface area (Å²) in [5.41, 5.74) is 4.26. The largest absolute Gasteiger partial charge is 0.366 e. The average Bonchev–Trinajstić information content (AvgIpc) is 2.83. The maximum atomic E-state index is 12.9. The molecular weight excluding hydrogens is 300 g/mol. The van der Waals surface area contributed by atoms with E-state index < -0.39 is 0 Å². The Labute approximate surface area is 143 Å². The number of rotatable bonds is 4. The normalized spacial score (nSPS) is 18.6. The number of carbonyl (C=O) groups is 2. The fraction of sp³-hybridized carbons (Fsp3) is 0.400. The lowest BCUT2D eigenvalue weighted by molar-refractivity contribution is -0.136. The molecule has 1 fully saturated rings. The Kier molecular flexibility index (Phi) is 4.56. The van der Waals surface area contributed by atoms with E-state index in [1.54, 1.807) is 6.08 Å². The third-order valence-electron chi connectivity index (χ3n) is 4.92. The number of benzene rings is 1. The Balaban J connectivity index is 2.11. The van der Waals surface area contributed by atoms with Crippen molar-refractivity contribution < 1.29 is 9.59 Å². The smallest absolute Gasteiger partial charge is 0.278 e. The number of amides is 2. The fourth-order valence-electron chi connectivity index (χ4n) is 3.43. The van der Waals surface area contributed by atoms with Crippen molar-refractivity contribution in [3.8, 4) is 0 Å². The highest BCUT2D eigenvalue weighted by Crippen LogP contribution is 2.33. The molecule has 0 bridgehead atoms. The Morgan fingerprint density at radius 1 is 1.04 bits per heavy atom. The monoisotopic (exact) mass is 324 g/mol. The average molecular weight is 324 g/mol. The molecular formula is C20H24N2O2. The van der Waals surface area contributed by atoms with E-state index in [1.165, 1.54) is 16.9 Å². The van der Waals surface area contributed by atoms with Crippen LogP contribution in [0.2, 0.25) is 0 Å². The van der Waals surface area contributed by atoms with Gasteiger partial charge in [-0.15, -0.1) is 6.58 Å². The van der Waals surface area contributed by atoms with Gasteiger partial charge in [-0.2, -0.15) is 0 Å². The van der Waals surface area contributed by atoms with Gasteiger partial charge in [-0.1, -0.05) is 24.3 Å². The van der Waals surface area contributed by atoms with Gasteiger partial charge >= 0.3 is 0 Å². The second kappa shape index (κ2) is 6.63. The number of hydrogen-bond acceptors (Lipinski definition) is 3. The summed E-state index contributed by atoms with van der Waals surface area (Å²) < 4.78 is 0. The van der Waals surface area contributed by atoms with E-state index in [0.717, 1.165) is 37.1 Å². The molecule has 126 valence electrons. The molecule has 0 atom stereocenters. The van der Waals surface area contributed by atoms with E-state index in [9.17, 15) is 9.59 Å². The first-order valence-electron chi connectivity index (χ1n) is 8.58. The molecule has 0 saturated carbocycles. The molecule has 0 aliphatic carbocycles. The van der Waals surface area contributed by atoms with Crippen molar-refractivity contribution >= 4 is 17.4 Å². The van der Waals surface area contributed by atoms with Crippen LogP contribution in [0, 0.1) is 13.8 Å². The van der Waals surface area contributed by atoms with Crippen LogP contribution in [0.4, 0.5) is 0 Å². The van der Waals surface area contributed by atoms with Crippen LogP contribution in [-0.2, 0) is 9.59 Å². The van der Waals surface area contributed by atoms with Crippen LogP contribution in [0.1, 0.15) is 36.0 Å². The van der Waals surface area contributed by atoms with E-state index in [1.807, 2.05) is 32.0 Å². The Morgan fingerprint density at radius 3 is 2.38 bits per heavy atom. The molecule has 4 nitrogen and oxygen atoms in total. The zero-order chi connectivity index (χ0) is 17.3. The van der Waals surface area contributed by atoms with Crippen LogP contribution >= 0.6 is 0 Å². The molecule has 0 spiro atoms. The number of aryl methyl sites for hydroxylation is 2. The van der Waals surface area contributed by atoms with Crippen molar-refractivity contribution in [2.45, 2.75) is 33.1 Å². The topological polar surface area (TPSA) is 40.6 Å². The highest BCUT2D eigenvalue weighted by molar-refractivity contribution is 6.35. The Morgan fingerprint density at radius 2 is 1.75 bits per heavy atom. The molecule has 0 N–H and O–H groups in total. The molecule has 1 aromatic carbocycles. The van der Waals surface area contributed by atoms with Crippen molar-refractivity contribution in [3.63, 3.8) is 0 Å². The minimum atomic E-state index is -0.205.